The van der Waals surface area contributed by atoms with Crippen LogP contribution in [0.2, 0.25) is 0 Å². The first-order valence-corrected chi connectivity index (χ1v) is 15.3. The SMILES string of the molecule is c1ccc(C2(c3ccc(-c4cccc5c4-c4cccc6cccc(c46)S5)cc3)c3ccccc3-c3ccccc32)cc1. The summed E-state index contributed by atoms with van der Waals surface area (Å²) in [6.45, 7) is 0. The van der Waals surface area contributed by atoms with Gasteiger partial charge in [0.05, 0.1) is 5.41 Å². The first-order valence-electron chi connectivity index (χ1n) is 14.5. The second-order valence-corrected chi connectivity index (χ2v) is 12.3. The first-order chi connectivity index (χ1) is 20.8. The van der Waals surface area contributed by atoms with Gasteiger partial charge in [0.25, 0.3) is 0 Å². The largest absolute Gasteiger partial charge is 0.0888 e. The summed E-state index contributed by atoms with van der Waals surface area (Å²) in [7, 11) is 0. The molecule has 1 heterocycles. The summed E-state index contributed by atoms with van der Waals surface area (Å²) in [5.41, 5.74) is 12.8. The molecule has 9 rings (SSSR count). The minimum Gasteiger partial charge on any atom is -0.0888 e. The van der Waals surface area contributed by atoms with Crippen LogP contribution in [0.3, 0.4) is 0 Å². The van der Waals surface area contributed by atoms with Crippen molar-refractivity contribution in [3.8, 4) is 33.4 Å². The Morgan fingerprint density at radius 2 is 0.929 bits per heavy atom. The predicted octanol–water partition coefficient (Wildman–Crippen LogP) is 11.0. The maximum absolute atomic E-state index is 2.37. The maximum atomic E-state index is 2.37. The van der Waals surface area contributed by atoms with Crippen LogP contribution in [0.5, 0.6) is 0 Å². The second-order valence-electron chi connectivity index (χ2n) is 11.2. The fraction of sp³-hybridized carbons (Fsp3) is 0.0244. The quantitative estimate of drug-likeness (QED) is 0.211. The summed E-state index contributed by atoms with van der Waals surface area (Å²) in [6, 6.07) is 58.4. The van der Waals surface area contributed by atoms with Gasteiger partial charge in [-0.25, -0.2) is 0 Å². The van der Waals surface area contributed by atoms with E-state index < -0.39 is 0 Å². The smallest absolute Gasteiger partial charge is 0.0713 e. The lowest BCUT2D eigenvalue weighted by molar-refractivity contribution is 0.768. The Hall–Kier alpha value is -4.85. The highest BCUT2D eigenvalue weighted by atomic mass is 32.2. The third-order valence-corrected chi connectivity index (χ3v) is 10.3. The first kappa shape index (κ1) is 23.8. The normalized spacial score (nSPS) is 13.8. The highest BCUT2D eigenvalue weighted by Gasteiger charge is 2.45. The molecule has 7 aromatic carbocycles. The van der Waals surface area contributed by atoms with Gasteiger partial charge in [0.2, 0.25) is 0 Å². The molecule has 0 atom stereocenters. The monoisotopic (exact) mass is 550 g/mol. The van der Waals surface area contributed by atoms with Gasteiger partial charge < -0.3 is 0 Å². The molecule has 0 saturated heterocycles. The van der Waals surface area contributed by atoms with Crippen LogP contribution in [-0.2, 0) is 5.41 Å². The molecule has 0 fully saturated rings. The zero-order valence-electron chi connectivity index (χ0n) is 22.9. The van der Waals surface area contributed by atoms with Gasteiger partial charge >= 0.3 is 0 Å². The van der Waals surface area contributed by atoms with E-state index >= 15 is 0 Å². The zero-order valence-corrected chi connectivity index (χ0v) is 23.7. The van der Waals surface area contributed by atoms with E-state index in [1.54, 1.807) is 0 Å². The van der Waals surface area contributed by atoms with Crippen LogP contribution in [0.1, 0.15) is 22.3 Å². The summed E-state index contributed by atoms with van der Waals surface area (Å²) in [6.07, 6.45) is 0. The van der Waals surface area contributed by atoms with E-state index in [1.807, 2.05) is 11.8 Å². The Balaban J connectivity index is 1.26. The van der Waals surface area contributed by atoms with E-state index in [1.165, 1.54) is 76.2 Å². The Labute approximate surface area is 250 Å². The van der Waals surface area contributed by atoms with Crippen LogP contribution < -0.4 is 0 Å². The lowest BCUT2D eigenvalue weighted by atomic mass is 9.67. The highest BCUT2D eigenvalue weighted by Crippen LogP contribution is 2.56. The molecule has 0 bridgehead atoms. The Morgan fingerprint density at radius 3 is 1.67 bits per heavy atom. The molecule has 1 heteroatoms. The Kier molecular flexibility index (Phi) is 5.15. The van der Waals surface area contributed by atoms with Crippen LogP contribution >= 0.6 is 11.8 Å². The number of fused-ring (bicyclic) bond motifs is 5. The van der Waals surface area contributed by atoms with Gasteiger partial charge in [0, 0.05) is 20.7 Å². The van der Waals surface area contributed by atoms with E-state index in [0.29, 0.717) is 0 Å². The summed E-state index contributed by atoms with van der Waals surface area (Å²) in [5, 5.41) is 2.67. The van der Waals surface area contributed by atoms with E-state index in [2.05, 4.69) is 158 Å². The van der Waals surface area contributed by atoms with E-state index in [9.17, 15) is 0 Å². The molecule has 1 aliphatic heterocycles. The molecule has 0 unspecified atom stereocenters. The van der Waals surface area contributed by atoms with Crippen molar-refractivity contribution >= 4 is 22.5 Å². The average molecular weight is 551 g/mol. The van der Waals surface area contributed by atoms with Gasteiger partial charge in [-0.05, 0) is 67.6 Å². The van der Waals surface area contributed by atoms with Crippen LogP contribution in [-0.4, -0.2) is 0 Å². The van der Waals surface area contributed by atoms with Crippen molar-refractivity contribution in [2.24, 2.45) is 0 Å². The lowest BCUT2D eigenvalue weighted by Gasteiger charge is -2.34. The standard InChI is InChI=1S/C41H26S/c1-2-13-29(14-3-1)41(35-19-6-4-15-32(35)33-16-5-7-20-36(33)41)30-25-23-27(24-26-30)31-17-10-22-38-40(31)34-18-8-11-28-12-9-21-37(42-38)39(28)34/h1-26H. The van der Waals surface area contributed by atoms with Crippen molar-refractivity contribution < 1.29 is 0 Å². The molecule has 0 saturated carbocycles. The third-order valence-electron chi connectivity index (χ3n) is 9.17. The third kappa shape index (κ3) is 3.20. The zero-order chi connectivity index (χ0) is 27.7. The highest BCUT2D eigenvalue weighted by molar-refractivity contribution is 7.99. The molecule has 2 aliphatic rings. The molecule has 7 aromatic rings. The molecule has 1 aliphatic carbocycles. The van der Waals surface area contributed by atoms with Crippen molar-refractivity contribution in [2.45, 2.75) is 15.2 Å². The Morgan fingerprint density at radius 1 is 0.381 bits per heavy atom. The lowest BCUT2D eigenvalue weighted by Crippen LogP contribution is -2.28. The molecule has 0 N–H and O–H groups in total. The molecule has 0 nitrogen and oxygen atoms in total. The van der Waals surface area contributed by atoms with Gasteiger partial charge in [0.1, 0.15) is 0 Å². The average Bonchev–Trinajstić information content (AvgIpc) is 3.36. The molecule has 0 amide bonds. The number of hydrogen-bond acceptors (Lipinski definition) is 1. The molecule has 0 spiro atoms. The Bertz CT molecular complexity index is 2100. The van der Waals surface area contributed by atoms with E-state index in [0.717, 1.165) is 0 Å². The molecule has 0 aromatic heterocycles. The van der Waals surface area contributed by atoms with Gasteiger partial charge in [-0.3, -0.25) is 0 Å². The molecule has 196 valence electrons. The summed E-state index contributed by atoms with van der Waals surface area (Å²) < 4.78 is 0. The molecular weight excluding hydrogens is 525 g/mol. The molecular formula is C41H26S. The second kappa shape index (κ2) is 9.08. The van der Waals surface area contributed by atoms with Gasteiger partial charge in [-0.2, -0.15) is 0 Å². The minimum atomic E-state index is -0.372. The maximum Gasteiger partial charge on any atom is 0.0713 e. The van der Waals surface area contributed by atoms with Crippen LogP contribution in [0.25, 0.3) is 44.2 Å². The van der Waals surface area contributed by atoms with E-state index in [-0.39, 0.29) is 5.41 Å². The van der Waals surface area contributed by atoms with Crippen LogP contribution in [0.15, 0.2) is 168 Å². The molecule has 42 heavy (non-hydrogen) atoms. The van der Waals surface area contributed by atoms with Crippen LogP contribution in [0.4, 0.5) is 0 Å². The van der Waals surface area contributed by atoms with Crippen molar-refractivity contribution in [3.05, 3.63) is 180 Å². The van der Waals surface area contributed by atoms with Crippen molar-refractivity contribution in [1.29, 1.82) is 0 Å². The minimum absolute atomic E-state index is 0.372. The van der Waals surface area contributed by atoms with Gasteiger partial charge in [-0.15, -0.1) is 0 Å². The van der Waals surface area contributed by atoms with Crippen molar-refractivity contribution in [2.75, 3.05) is 0 Å². The topological polar surface area (TPSA) is 0 Å². The van der Waals surface area contributed by atoms with Crippen molar-refractivity contribution in [3.63, 3.8) is 0 Å². The number of rotatable bonds is 3. The number of hydrogen-bond donors (Lipinski definition) is 0. The fourth-order valence-corrected chi connectivity index (χ4v) is 8.65. The number of benzene rings is 7. The fourth-order valence-electron chi connectivity index (χ4n) is 7.46. The van der Waals surface area contributed by atoms with Crippen molar-refractivity contribution in [1.82, 2.24) is 0 Å². The summed E-state index contributed by atoms with van der Waals surface area (Å²) in [5.74, 6) is 0. The van der Waals surface area contributed by atoms with Gasteiger partial charge in [0.15, 0.2) is 0 Å². The van der Waals surface area contributed by atoms with Gasteiger partial charge in [-0.1, -0.05) is 157 Å². The van der Waals surface area contributed by atoms with Crippen LogP contribution in [0, 0.1) is 0 Å². The predicted molar refractivity (Wildman–Crippen MR) is 176 cm³/mol. The summed E-state index contributed by atoms with van der Waals surface area (Å²) in [4.78, 5) is 2.66. The molecule has 0 radical (unpaired) electrons. The summed E-state index contributed by atoms with van der Waals surface area (Å²) >= 11 is 1.89. The van der Waals surface area contributed by atoms with E-state index in [4.69, 9.17) is 0 Å².